The van der Waals surface area contributed by atoms with E-state index in [1.165, 1.54) is 6.08 Å². The van der Waals surface area contributed by atoms with Crippen molar-refractivity contribution >= 4 is 11.9 Å². The van der Waals surface area contributed by atoms with Gasteiger partial charge in [0.2, 0.25) is 0 Å². The number of aliphatic carboxylic acids is 1. The Morgan fingerprint density at radius 3 is 2.41 bits per heavy atom. The molecule has 1 rings (SSSR count). The lowest BCUT2D eigenvalue weighted by molar-refractivity contribution is -0.140. The van der Waals surface area contributed by atoms with Gasteiger partial charge in [0.15, 0.2) is 6.04 Å². The van der Waals surface area contributed by atoms with Crippen molar-refractivity contribution < 1.29 is 24.2 Å². The lowest BCUT2D eigenvalue weighted by Crippen LogP contribution is -2.44. The van der Waals surface area contributed by atoms with Crippen LogP contribution < -0.4 is 10.1 Å². The molecule has 1 unspecified atom stereocenters. The molecule has 0 aliphatic rings. The smallest absolute Gasteiger partial charge is 0.328 e. The van der Waals surface area contributed by atoms with Gasteiger partial charge in [0.05, 0.1) is 20.3 Å². The molecule has 0 heterocycles. The number of amides is 1. The van der Waals surface area contributed by atoms with Crippen LogP contribution in [0, 0.1) is 13.8 Å². The van der Waals surface area contributed by atoms with E-state index in [1.807, 2.05) is 13.8 Å². The fraction of sp³-hybridized carbons (Fsp3) is 0.375. The minimum absolute atomic E-state index is 0.124. The van der Waals surface area contributed by atoms with E-state index >= 15 is 0 Å². The van der Waals surface area contributed by atoms with Crippen molar-refractivity contribution in [2.75, 3.05) is 20.3 Å². The number of carboxylic acids is 1. The van der Waals surface area contributed by atoms with Crippen LogP contribution in [0.2, 0.25) is 0 Å². The zero-order valence-corrected chi connectivity index (χ0v) is 13.0. The molecule has 0 aromatic heterocycles. The maximum absolute atomic E-state index is 12.2. The van der Waals surface area contributed by atoms with Gasteiger partial charge >= 0.3 is 5.97 Å². The van der Waals surface area contributed by atoms with Crippen LogP contribution in [0.25, 0.3) is 0 Å². The summed E-state index contributed by atoms with van der Waals surface area (Å²) in [5, 5.41) is 11.6. The summed E-state index contributed by atoms with van der Waals surface area (Å²) >= 11 is 0. The van der Waals surface area contributed by atoms with E-state index < -0.39 is 17.9 Å². The van der Waals surface area contributed by atoms with Gasteiger partial charge in [0.1, 0.15) is 5.75 Å². The van der Waals surface area contributed by atoms with Gasteiger partial charge in [-0.25, -0.2) is 4.79 Å². The highest BCUT2D eigenvalue weighted by Crippen LogP contribution is 2.24. The van der Waals surface area contributed by atoms with Gasteiger partial charge in [-0.15, -0.1) is 6.58 Å². The third-order valence-electron chi connectivity index (χ3n) is 3.05. The first-order valence-corrected chi connectivity index (χ1v) is 6.78. The first kappa shape index (κ1) is 17.7. The number of hydrogen-bond donors (Lipinski definition) is 2. The molecular formula is C16H21NO5. The third kappa shape index (κ3) is 4.60. The molecule has 0 fully saturated rings. The normalized spacial score (nSPS) is 11.6. The van der Waals surface area contributed by atoms with Gasteiger partial charge in [-0.05, 0) is 37.1 Å². The second-order valence-corrected chi connectivity index (χ2v) is 4.83. The van der Waals surface area contributed by atoms with Gasteiger partial charge in [-0.1, -0.05) is 6.08 Å². The molecule has 120 valence electrons. The zero-order valence-electron chi connectivity index (χ0n) is 13.0. The van der Waals surface area contributed by atoms with E-state index in [0.29, 0.717) is 11.3 Å². The van der Waals surface area contributed by atoms with Crippen LogP contribution in [0.1, 0.15) is 21.5 Å². The zero-order chi connectivity index (χ0) is 16.7. The second-order valence-electron chi connectivity index (χ2n) is 4.83. The average Bonchev–Trinajstić information content (AvgIpc) is 2.45. The van der Waals surface area contributed by atoms with E-state index in [0.717, 1.165) is 11.1 Å². The number of methoxy groups -OCH3 is 1. The van der Waals surface area contributed by atoms with E-state index in [1.54, 1.807) is 19.2 Å². The van der Waals surface area contributed by atoms with Gasteiger partial charge in [-0.2, -0.15) is 0 Å². The summed E-state index contributed by atoms with van der Waals surface area (Å²) in [6, 6.07) is 2.20. The van der Waals surface area contributed by atoms with Crippen LogP contribution in [-0.2, 0) is 9.53 Å². The summed E-state index contributed by atoms with van der Waals surface area (Å²) in [5.41, 5.74) is 2.00. The van der Waals surface area contributed by atoms with Crippen molar-refractivity contribution in [3.05, 3.63) is 41.5 Å². The van der Waals surface area contributed by atoms with Gasteiger partial charge in [0, 0.05) is 5.56 Å². The van der Waals surface area contributed by atoms with Crippen LogP contribution >= 0.6 is 0 Å². The number of hydrogen-bond acceptors (Lipinski definition) is 4. The van der Waals surface area contributed by atoms with Crippen LogP contribution in [0.15, 0.2) is 24.8 Å². The van der Waals surface area contributed by atoms with Crippen molar-refractivity contribution in [3.8, 4) is 5.75 Å². The van der Waals surface area contributed by atoms with Crippen molar-refractivity contribution in [2.24, 2.45) is 0 Å². The molecule has 1 aromatic carbocycles. The first-order chi connectivity index (χ1) is 10.4. The number of carboxylic acid groups (broad SMARTS) is 1. The summed E-state index contributed by atoms with van der Waals surface area (Å²) in [6.45, 7) is 7.22. The van der Waals surface area contributed by atoms with Gasteiger partial charge < -0.3 is 19.9 Å². The maximum atomic E-state index is 12.2. The van der Waals surface area contributed by atoms with E-state index in [2.05, 4.69) is 11.9 Å². The highest BCUT2D eigenvalue weighted by atomic mass is 16.5. The van der Waals surface area contributed by atoms with E-state index in [9.17, 15) is 9.59 Å². The Balaban J connectivity index is 2.86. The summed E-state index contributed by atoms with van der Waals surface area (Å²) in [4.78, 5) is 23.4. The molecule has 6 nitrogen and oxygen atoms in total. The Hall–Kier alpha value is -2.34. The third-order valence-corrected chi connectivity index (χ3v) is 3.05. The Bertz CT molecular complexity index is 545. The molecule has 2 N–H and O–H groups in total. The van der Waals surface area contributed by atoms with E-state index in [-0.39, 0.29) is 13.2 Å². The summed E-state index contributed by atoms with van der Waals surface area (Å²) in [6.07, 6.45) is 1.51. The van der Waals surface area contributed by atoms with Crippen LogP contribution in [-0.4, -0.2) is 43.3 Å². The topological polar surface area (TPSA) is 84.9 Å². The number of ether oxygens (including phenoxy) is 2. The largest absolute Gasteiger partial charge is 0.496 e. The number of carbonyl (C=O) groups excluding carboxylic acids is 1. The molecule has 0 radical (unpaired) electrons. The number of benzene rings is 1. The molecule has 0 spiro atoms. The first-order valence-electron chi connectivity index (χ1n) is 6.78. The van der Waals surface area contributed by atoms with E-state index in [4.69, 9.17) is 14.6 Å². The predicted octanol–water partition coefficient (Wildman–Crippen LogP) is 1.70. The average molecular weight is 307 g/mol. The highest BCUT2D eigenvalue weighted by molar-refractivity contribution is 5.97. The molecule has 0 bridgehead atoms. The van der Waals surface area contributed by atoms with Crippen LogP contribution in [0.4, 0.5) is 0 Å². The van der Waals surface area contributed by atoms with Crippen molar-refractivity contribution in [1.82, 2.24) is 5.32 Å². The van der Waals surface area contributed by atoms with Gasteiger partial charge in [-0.3, -0.25) is 4.79 Å². The predicted molar refractivity (Wildman–Crippen MR) is 82.4 cm³/mol. The summed E-state index contributed by atoms with van der Waals surface area (Å²) in [7, 11) is 1.56. The minimum Gasteiger partial charge on any atom is -0.496 e. The maximum Gasteiger partial charge on any atom is 0.328 e. The molecule has 1 amide bonds. The lowest BCUT2D eigenvalue weighted by atomic mass is 10.0. The molecular weight excluding hydrogens is 286 g/mol. The van der Waals surface area contributed by atoms with Crippen molar-refractivity contribution in [2.45, 2.75) is 19.9 Å². The Labute approximate surface area is 129 Å². The standard InChI is InChI=1S/C16H21NO5/c1-5-6-22-9-13(16(19)20)17-15(18)12-7-10(2)14(21-4)11(3)8-12/h5,7-8,13H,1,6,9H2,2-4H3,(H,17,18)(H,19,20). The van der Waals surface area contributed by atoms with Crippen LogP contribution in [0.5, 0.6) is 5.75 Å². The molecule has 0 saturated carbocycles. The summed E-state index contributed by atoms with van der Waals surface area (Å²) < 4.78 is 10.3. The highest BCUT2D eigenvalue weighted by Gasteiger charge is 2.21. The Morgan fingerprint density at radius 1 is 1.36 bits per heavy atom. The van der Waals surface area contributed by atoms with Crippen molar-refractivity contribution in [3.63, 3.8) is 0 Å². The fourth-order valence-corrected chi connectivity index (χ4v) is 2.09. The molecule has 6 heteroatoms. The van der Waals surface area contributed by atoms with Crippen molar-refractivity contribution in [1.29, 1.82) is 0 Å². The number of rotatable bonds is 8. The lowest BCUT2D eigenvalue weighted by Gasteiger charge is -2.16. The molecule has 0 saturated heterocycles. The summed E-state index contributed by atoms with van der Waals surface area (Å²) in [5.74, 6) is -0.913. The molecule has 1 atom stereocenters. The molecule has 0 aliphatic carbocycles. The second kappa shape index (κ2) is 8.19. The minimum atomic E-state index is -1.15. The fourth-order valence-electron chi connectivity index (χ4n) is 2.09. The quantitative estimate of drug-likeness (QED) is 0.564. The SMILES string of the molecule is C=CCOCC(NC(=O)c1cc(C)c(OC)c(C)c1)C(=O)O. The molecule has 1 aromatic rings. The number of nitrogens with one attached hydrogen (secondary N) is 1. The molecule has 0 aliphatic heterocycles. The Morgan fingerprint density at radius 2 is 1.95 bits per heavy atom. The Kier molecular flexibility index (Phi) is 6.59. The molecule has 22 heavy (non-hydrogen) atoms. The van der Waals surface area contributed by atoms with Crippen LogP contribution in [0.3, 0.4) is 0 Å². The monoisotopic (exact) mass is 307 g/mol. The van der Waals surface area contributed by atoms with Gasteiger partial charge in [0.25, 0.3) is 5.91 Å². The number of carbonyl (C=O) groups is 2. The number of aryl methyl sites for hydroxylation is 2.